The van der Waals surface area contributed by atoms with Gasteiger partial charge >= 0.3 is 6.18 Å². The zero-order valence-corrected chi connectivity index (χ0v) is 11.5. The first-order valence-electron chi connectivity index (χ1n) is 7.19. The zero-order chi connectivity index (χ0) is 14.4. The summed E-state index contributed by atoms with van der Waals surface area (Å²) >= 11 is 0. The predicted molar refractivity (Wildman–Crippen MR) is 74.8 cm³/mol. The Morgan fingerprint density at radius 1 is 0.950 bits per heavy atom. The lowest BCUT2D eigenvalue weighted by atomic mass is 10.2. The molecule has 0 amide bonds. The summed E-state index contributed by atoms with van der Waals surface area (Å²) in [7, 11) is 0. The van der Waals surface area contributed by atoms with Crippen LogP contribution in [0.25, 0.3) is 0 Å². The van der Waals surface area contributed by atoms with Crippen molar-refractivity contribution in [3.63, 3.8) is 0 Å². The Kier molecular flexibility index (Phi) is 5.29. The Morgan fingerprint density at radius 2 is 1.55 bits per heavy atom. The van der Waals surface area contributed by atoms with Gasteiger partial charge in [0.15, 0.2) is 0 Å². The molecule has 0 unspecified atom stereocenters. The van der Waals surface area contributed by atoms with Crippen LogP contribution in [0.5, 0.6) is 0 Å². The van der Waals surface area contributed by atoms with Crippen molar-refractivity contribution in [2.24, 2.45) is 0 Å². The number of anilines is 1. The Bertz CT molecular complexity index is 393. The Balaban J connectivity index is 1.76. The van der Waals surface area contributed by atoms with Crippen LogP contribution in [0.3, 0.4) is 0 Å². The number of nitrogens with zero attached hydrogens (tertiary/aromatic N) is 1. The molecule has 1 aliphatic rings. The highest BCUT2D eigenvalue weighted by molar-refractivity contribution is 5.45. The standard InChI is InChI=1S/C15H21F3N2/c16-15(17,18)13-5-7-14(8-6-13)19-9-12-20-10-3-1-2-4-11-20/h5-8,19H,1-4,9-12H2. The number of halogens is 3. The van der Waals surface area contributed by atoms with E-state index in [4.69, 9.17) is 0 Å². The van der Waals surface area contributed by atoms with Crippen molar-refractivity contribution >= 4 is 5.69 Å². The maximum absolute atomic E-state index is 12.4. The van der Waals surface area contributed by atoms with E-state index in [2.05, 4.69) is 10.2 Å². The van der Waals surface area contributed by atoms with E-state index in [9.17, 15) is 13.2 Å². The molecule has 1 N–H and O–H groups in total. The molecule has 1 fully saturated rings. The summed E-state index contributed by atoms with van der Waals surface area (Å²) in [6.07, 6.45) is 0.858. The van der Waals surface area contributed by atoms with E-state index in [1.165, 1.54) is 37.8 Å². The molecule has 20 heavy (non-hydrogen) atoms. The highest BCUT2D eigenvalue weighted by Gasteiger charge is 2.29. The molecule has 112 valence electrons. The quantitative estimate of drug-likeness (QED) is 0.900. The van der Waals surface area contributed by atoms with Crippen molar-refractivity contribution in [1.29, 1.82) is 0 Å². The number of alkyl halides is 3. The van der Waals surface area contributed by atoms with Crippen molar-refractivity contribution in [3.05, 3.63) is 29.8 Å². The lowest BCUT2D eigenvalue weighted by molar-refractivity contribution is -0.137. The summed E-state index contributed by atoms with van der Waals surface area (Å²) in [6.45, 7) is 3.98. The van der Waals surface area contributed by atoms with Gasteiger partial charge in [-0.1, -0.05) is 12.8 Å². The molecule has 0 radical (unpaired) electrons. The van der Waals surface area contributed by atoms with Gasteiger partial charge in [-0.2, -0.15) is 13.2 Å². The maximum atomic E-state index is 12.4. The number of rotatable bonds is 4. The Labute approximate surface area is 118 Å². The molecule has 0 aromatic heterocycles. The van der Waals surface area contributed by atoms with Crippen LogP contribution >= 0.6 is 0 Å². The highest BCUT2D eigenvalue weighted by Crippen LogP contribution is 2.29. The van der Waals surface area contributed by atoms with Gasteiger partial charge in [0.2, 0.25) is 0 Å². The van der Waals surface area contributed by atoms with Crippen LogP contribution in [0.15, 0.2) is 24.3 Å². The fourth-order valence-electron chi connectivity index (χ4n) is 2.50. The molecule has 0 aliphatic carbocycles. The number of nitrogens with one attached hydrogen (secondary N) is 1. The average molecular weight is 286 g/mol. The fourth-order valence-corrected chi connectivity index (χ4v) is 2.50. The normalized spacial score (nSPS) is 17.8. The van der Waals surface area contributed by atoms with Crippen molar-refractivity contribution < 1.29 is 13.2 Å². The Hall–Kier alpha value is -1.23. The summed E-state index contributed by atoms with van der Waals surface area (Å²) < 4.78 is 37.3. The van der Waals surface area contributed by atoms with E-state index in [1.54, 1.807) is 0 Å². The number of hydrogen-bond donors (Lipinski definition) is 1. The minimum atomic E-state index is -4.26. The first-order chi connectivity index (χ1) is 9.55. The molecule has 1 aromatic carbocycles. The molecule has 2 rings (SSSR count). The number of likely N-dealkylation sites (tertiary alicyclic amines) is 1. The SMILES string of the molecule is FC(F)(F)c1ccc(NCCN2CCCCCC2)cc1. The van der Waals surface area contributed by atoms with Gasteiger partial charge in [0.25, 0.3) is 0 Å². The molecular formula is C15H21F3N2. The van der Waals surface area contributed by atoms with Crippen LogP contribution in [-0.4, -0.2) is 31.1 Å². The lowest BCUT2D eigenvalue weighted by Gasteiger charge is -2.20. The van der Waals surface area contributed by atoms with Crippen LogP contribution in [0, 0.1) is 0 Å². The molecule has 1 aliphatic heterocycles. The van der Waals surface area contributed by atoms with Gasteiger partial charge in [-0.15, -0.1) is 0 Å². The van der Waals surface area contributed by atoms with Crippen LogP contribution in [0.4, 0.5) is 18.9 Å². The second-order valence-corrected chi connectivity index (χ2v) is 5.26. The molecule has 0 saturated carbocycles. The van der Waals surface area contributed by atoms with Crippen LogP contribution in [-0.2, 0) is 6.18 Å². The van der Waals surface area contributed by atoms with Crippen molar-refractivity contribution in [3.8, 4) is 0 Å². The second kappa shape index (κ2) is 6.97. The highest BCUT2D eigenvalue weighted by atomic mass is 19.4. The van der Waals surface area contributed by atoms with Gasteiger partial charge in [-0.3, -0.25) is 0 Å². The molecular weight excluding hydrogens is 265 g/mol. The largest absolute Gasteiger partial charge is 0.416 e. The van der Waals surface area contributed by atoms with Crippen molar-refractivity contribution in [2.45, 2.75) is 31.9 Å². The smallest absolute Gasteiger partial charge is 0.384 e. The lowest BCUT2D eigenvalue weighted by Crippen LogP contribution is -2.29. The van der Waals surface area contributed by atoms with Crippen molar-refractivity contribution in [2.75, 3.05) is 31.5 Å². The minimum Gasteiger partial charge on any atom is -0.384 e. The van der Waals surface area contributed by atoms with E-state index in [-0.39, 0.29) is 0 Å². The van der Waals surface area contributed by atoms with E-state index >= 15 is 0 Å². The molecule has 0 spiro atoms. The summed E-state index contributed by atoms with van der Waals surface area (Å²) in [4.78, 5) is 2.42. The van der Waals surface area contributed by atoms with Gasteiger partial charge in [-0.25, -0.2) is 0 Å². The van der Waals surface area contributed by atoms with Crippen LogP contribution in [0.2, 0.25) is 0 Å². The van der Waals surface area contributed by atoms with E-state index < -0.39 is 11.7 Å². The van der Waals surface area contributed by atoms with Gasteiger partial charge in [0.1, 0.15) is 0 Å². The summed E-state index contributed by atoms with van der Waals surface area (Å²) in [5.41, 5.74) is 0.142. The number of hydrogen-bond acceptors (Lipinski definition) is 2. The molecule has 1 saturated heterocycles. The zero-order valence-electron chi connectivity index (χ0n) is 11.5. The van der Waals surface area contributed by atoms with Gasteiger partial charge in [-0.05, 0) is 50.2 Å². The molecule has 5 heteroatoms. The summed E-state index contributed by atoms with van der Waals surface area (Å²) in [6, 6.07) is 5.22. The molecule has 2 nitrogen and oxygen atoms in total. The molecule has 0 atom stereocenters. The average Bonchev–Trinajstić information content (AvgIpc) is 2.67. The van der Waals surface area contributed by atoms with E-state index in [0.717, 1.165) is 44.0 Å². The molecule has 1 aromatic rings. The molecule has 0 bridgehead atoms. The fraction of sp³-hybridized carbons (Fsp3) is 0.600. The third kappa shape index (κ3) is 4.71. The third-order valence-corrected chi connectivity index (χ3v) is 3.67. The number of benzene rings is 1. The molecule has 1 heterocycles. The third-order valence-electron chi connectivity index (χ3n) is 3.67. The van der Waals surface area contributed by atoms with Crippen LogP contribution in [0.1, 0.15) is 31.2 Å². The monoisotopic (exact) mass is 286 g/mol. The second-order valence-electron chi connectivity index (χ2n) is 5.26. The van der Waals surface area contributed by atoms with E-state index in [0.29, 0.717) is 0 Å². The first kappa shape index (κ1) is 15.2. The van der Waals surface area contributed by atoms with Crippen LogP contribution < -0.4 is 5.32 Å². The van der Waals surface area contributed by atoms with Gasteiger partial charge in [0.05, 0.1) is 5.56 Å². The topological polar surface area (TPSA) is 15.3 Å². The van der Waals surface area contributed by atoms with Crippen molar-refractivity contribution in [1.82, 2.24) is 4.90 Å². The minimum absolute atomic E-state index is 0.601. The predicted octanol–water partition coefficient (Wildman–Crippen LogP) is 3.99. The summed E-state index contributed by atoms with van der Waals surface area (Å²) in [5, 5.41) is 3.18. The summed E-state index contributed by atoms with van der Waals surface area (Å²) in [5.74, 6) is 0. The van der Waals surface area contributed by atoms with E-state index in [1.807, 2.05) is 0 Å². The van der Waals surface area contributed by atoms with Gasteiger partial charge < -0.3 is 10.2 Å². The Morgan fingerprint density at radius 3 is 2.10 bits per heavy atom. The maximum Gasteiger partial charge on any atom is 0.416 e. The van der Waals surface area contributed by atoms with Gasteiger partial charge in [0, 0.05) is 18.8 Å². The first-order valence-corrected chi connectivity index (χ1v) is 7.19.